The molecule has 2 nitrogen and oxygen atoms in total. The van der Waals surface area contributed by atoms with Crippen molar-refractivity contribution in [1.29, 1.82) is 0 Å². The maximum Gasteiger partial charge on any atom is 0.133 e. The van der Waals surface area contributed by atoms with Gasteiger partial charge in [0.05, 0.1) is 6.10 Å². The van der Waals surface area contributed by atoms with Crippen LogP contribution in [0.1, 0.15) is 106 Å². The van der Waals surface area contributed by atoms with Crippen molar-refractivity contribution in [3.63, 3.8) is 0 Å². The number of carbonyl (C=O) groups is 1. The standard InChI is InChI=1S/C19H30O2.C3H8.C2H6.C2H2/c1-18-9-7-13(20)11-12(18)3-4-14-15-5-6-17(21)19(15,2)10-8-16(14)18;1-3-2;2*1-2/h12,14-17,21H,3-11H2,1-2H3;3H2,1-2H3;1-2H3;1-2H. The summed E-state index contributed by atoms with van der Waals surface area (Å²) in [4.78, 5) is 11.9. The third-order valence-corrected chi connectivity index (χ3v) is 8.43. The lowest BCUT2D eigenvalue weighted by atomic mass is 9.45. The molecular formula is C26H46O2. The van der Waals surface area contributed by atoms with Crippen LogP contribution < -0.4 is 0 Å². The molecule has 4 fully saturated rings. The summed E-state index contributed by atoms with van der Waals surface area (Å²) in [5, 5.41) is 10.5. The van der Waals surface area contributed by atoms with E-state index >= 15 is 0 Å². The van der Waals surface area contributed by atoms with Crippen molar-refractivity contribution in [1.82, 2.24) is 0 Å². The zero-order valence-corrected chi connectivity index (χ0v) is 19.5. The Labute approximate surface area is 175 Å². The molecular weight excluding hydrogens is 344 g/mol. The SMILES string of the molecule is C#C.CC.CC12CCC3C(CCC4CC(=O)CCC43C)C1CCC2O.CCC. The van der Waals surface area contributed by atoms with E-state index in [1.54, 1.807) is 0 Å². The number of fused-ring (bicyclic) bond motifs is 5. The fourth-order valence-corrected chi connectivity index (χ4v) is 7.02. The van der Waals surface area contributed by atoms with Crippen LogP contribution in [0.5, 0.6) is 0 Å². The minimum absolute atomic E-state index is 0.0677. The van der Waals surface area contributed by atoms with Crippen molar-refractivity contribution in [2.24, 2.45) is 34.5 Å². The van der Waals surface area contributed by atoms with Crippen molar-refractivity contribution >= 4 is 5.78 Å². The molecule has 4 aliphatic carbocycles. The van der Waals surface area contributed by atoms with E-state index in [2.05, 4.69) is 40.5 Å². The van der Waals surface area contributed by atoms with Crippen molar-refractivity contribution in [3.05, 3.63) is 0 Å². The van der Waals surface area contributed by atoms with Gasteiger partial charge >= 0.3 is 0 Å². The highest BCUT2D eigenvalue weighted by Crippen LogP contribution is 2.65. The lowest BCUT2D eigenvalue weighted by molar-refractivity contribution is -0.141. The van der Waals surface area contributed by atoms with Crippen LogP contribution in [0, 0.1) is 47.3 Å². The van der Waals surface area contributed by atoms with E-state index in [1.807, 2.05) is 13.8 Å². The topological polar surface area (TPSA) is 37.3 Å². The number of carbonyl (C=O) groups excluding carboxylic acids is 1. The third kappa shape index (κ3) is 4.51. The molecule has 2 heteroatoms. The number of ketones is 1. The van der Waals surface area contributed by atoms with Crippen LogP contribution in [-0.4, -0.2) is 17.0 Å². The summed E-state index contributed by atoms with van der Waals surface area (Å²) in [5.41, 5.74) is 0.598. The minimum Gasteiger partial charge on any atom is -0.393 e. The van der Waals surface area contributed by atoms with Crippen LogP contribution in [0.25, 0.3) is 0 Å². The highest BCUT2D eigenvalue weighted by Gasteiger charge is 2.59. The molecule has 0 aromatic rings. The molecule has 0 radical (unpaired) electrons. The minimum atomic E-state index is -0.0677. The van der Waals surface area contributed by atoms with Crippen molar-refractivity contribution in [3.8, 4) is 12.8 Å². The normalized spacial score (nSPS) is 43.3. The molecule has 0 heterocycles. The van der Waals surface area contributed by atoms with Crippen LogP contribution in [0.4, 0.5) is 0 Å². The van der Waals surface area contributed by atoms with Crippen molar-refractivity contribution < 1.29 is 9.90 Å². The molecule has 1 N–H and O–H groups in total. The Kier molecular flexibility index (Phi) is 9.75. The first kappa shape index (κ1) is 25.2. The first-order valence-corrected chi connectivity index (χ1v) is 11.9. The highest BCUT2D eigenvalue weighted by molar-refractivity contribution is 5.79. The Morgan fingerprint density at radius 2 is 1.50 bits per heavy atom. The van der Waals surface area contributed by atoms with Crippen LogP contribution >= 0.6 is 0 Å². The lowest BCUT2D eigenvalue weighted by Gasteiger charge is -2.60. The average molecular weight is 391 g/mol. The number of terminal acetylenes is 1. The monoisotopic (exact) mass is 390 g/mol. The fraction of sp³-hybridized carbons (Fsp3) is 0.885. The predicted octanol–water partition coefficient (Wildman–Crippen LogP) is 6.65. The van der Waals surface area contributed by atoms with Crippen LogP contribution in [0.3, 0.4) is 0 Å². The molecule has 4 aliphatic rings. The Hall–Kier alpha value is -0.810. The van der Waals surface area contributed by atoms with Gasteiger partial charge in [-0.3, -0.25) is 4.79 Å². The number of Topliss-reactive ketones (excluding diaryl/α,β-unsaturated/α-hetero) is 1. The summed E-state index contributed by atoms with van der Waals surface area (Å²) in [6.45, 7) is 13.1. The van der Waals surface area contributed by atoms with Gasteiger partial charge < -0.3 is 5.11 Å². The summed E-state index contributed by atoms with van der Waals surface area (Å²) in [5.74, 6) is 3.52. The molecule has 7 atom stereocenters. The fourth-order valence-electron chi connectivity index (χ4n) is 7.02. The molecule has 4 rings (SSSR count). The molecule has 4 saturated carbocycles. The highest BCUT2D eigenvalue weighted by atomic mass is 16.3. The second-order valence-corrected chi connectivity index (χ2v) is 9.74. The largest absolute Gasteiger partial charge is 0.393 e. The second-order valence-electron chi connectivity index (χ2n) is 9.74. The maximum absolute atomic E-state index is 11.9. The van der Waals surface area contributed by atoms with Crippen molar-refractivity contribution in [2.75, 3.05) is 0 Å². The molecule has 0 spiro atoms. The number of hydrogen-bond donors (Lipinski definition) is 1. The zero-order valence-electron chi connectivity index (χ0n) is 19.5. The van der Waals surface area contributed by atoms with Gasteiger partial charge in [0.25, 0.3) is 0 Å². The van der Waals surface area contributed by atoms with Gasteiger partial charge in [-0.25, -0.2) is 0 Å². The second kappa shape index (κ2) is 10.8. The van der Waals surface area contributed by atoms with Gasteiger partial charge in [0.2, 0.25) is 0 Å². The number of aliphatic hydroxyl groups is 1. The first-order chi connectivity index (χ1) is 13.4. The van der Waals surface area contributed by atoms with E-state index in [1.165, 1.54) is 38.5 Å². The number of rotatable bonds is 0. The van der Waals surface area contributed by atoms with Gasteiger partial charge in [-0.2, -0.15) is 0 Å². The molecule has 0 aromatic heterocycles. The lowest BCUT2D eigenvalue weighted by Crippen LogP contribution is -2.54. The van der Waals surface area contributed by atoms with Gasteiger partial charge in [0.15, 0.2) is 0 Å². The van der Waals surface area contributed by atoms with E-state index in [0.717, 1.165) is 43.4 Å². The number of hydrogen-bond acceptors (Lipinski definition) is 2. The van der Waals surface area contributed by atoms with Gasteiger partial charge in [-0.1, -0.05) is 48.0 Å². The summed E-state index contributed by atoms with van der Waals surface area (Å²) in [6, 6.07) is 0. The molecule has 0 bridgehead atoms. The van der Waals surface area contributed by atoms with Crippen molar-refractivity contribution in [2.45, 2.75) is 112 Å². The Morgan fingerprint density at radius 3 is 2.11 bits per heavy atom. The predicted molar refractivity (Wildman–Crippen MR) is 120 cm³/mol. The molecule has 7 unspecified atom stereocenters. The maximum atomic E-state index is 11.9. The Balaban J connectivity index is 0.000000502. The van der Waals surface area contributed by atoms with E-state index < -0.39 is 0 Å². The molecule has 162 valence electrons. The molecule has 28 heavy (non-hydrogen) atoms. The summed E-state index contributed by atoms with van der Waals surface area (Å²) in [7, 11) is 0. The summed E-state index contributed by atoms with van der Waals surface area (Å²) >= 11 is 0. The molecule has 0 aromatic carbocycles. The molecule has 0 saturated heterocycles. The Bertz CT molecular complexity index is 510. The van der Waals surface area contributed by atoms with E-state index in [0.29, 0.717) is 17.1 Å². The van der Waals surface area contributed by atoms with Gasteiger partial charge in [0, 0.05) is 12.8 Å². The quantitative estimate of drug-likeness (QED) is 0.470. The van der Waals surface area contributed by atoms with E-state index in [9.17, 15) is 9.90 Å². The third-order valence-electron chi connectivity index (χ3n) is 8.43. The first-order valence-electron chi connectivity index (χ1n) is 11.9. The van der Waals surface area contributed by atoms with Crippen LogP contribution in [0.15, 0.2) is 0 Å². The Morgan fingerprint density at radius 1 is 0.929 bits per heavy atom. The van der Waals surface area contributed by atoms with Gasteiger partial charge in [-0.15, -0.1) is 12.8 Å². The summed E-state index contributed by atoms with van der Waals surface area (Å²) in [6.07, 6.45) is 19.3. The van der Waals surface area contributed by atoms with Gasteiger partial charge in [0.1, 0.15) is 5.78 Å². The van der Waals surface area contributed by atoms with E-state index in [-0.39, 0.29) is 11.5 Å². The molecule has 0 amide bonds. The number of aliphatic hydroxyl groups excluding tert-OH is 1. The van der Waals surface area contributed by atoms with E-state index in [4.69, 9.17) is 0 Å². The van der Waals surface area contributed by atoms with Crippen LogP contribution in [-0.2, 0) is 4.79 Å². The summed E-state index contributed by atoms with van der Waals surface area (Å²) < 4.78 is 0. The molecule has 0 aliphatic heterocycles. The smallest absolute Gasteiger partial charge is 0.133 e. The van der Waals surface area contributed by atoms with Gasteiger partial charge in [-0.05, 0) is 79.4 Å². The zero-order chi connectivity index (χ0) is 21.5. The van der Waals surface area contributed by atoms with Crippen LogP contribution in [0.2, 0.25) is 0 Å². The average Bonchev–Trinajstić information content (AvgIpc) is 3.01.